The number of amides is 2. The molecule has 3 heterocycles. The fourth-order valence-corrected chi connectivity index (χ4v) is 4.49. The van der Waals surface area contributed by atoms with Gasteiger partial charge in [-0.15, -0.1) is 0 Å². The van der Waals surface area contributed by atoms with Gasteiger partial charge in [-0.1, -0.05) is 23.7 Å². The van der Waals surface area contributed by atoms with Crippen LogP contribution in [0.3, 0.4) is 0 Å². The minimum absolute atomic E-state index is 0.220. The van der Waals surface area contributed by atoms with Crippen molar-refractivity contribution in [1.29, 1.82) is 0 Å². The summed E-state index contributed by atoms with van der Waals surface area (Å²) in [6.07, 6.45) is 0. The summed E-state index contributed by atoms with van der Waals surface area (Å²) in [5, 5.41) is 3.40. The number of halogens is 1. The second-order valence-electron chi connectivity index (χ2n) is 7.51. The number of hydrogen-bond acceptors (Lipinski definition) is 5. The number of ether oxygens (including phenoxy) is 2. The molecule has 1 fully saturated rings. The highest BCUT2D eigenvalue weighted by Gasteiger charge is 2.34. The van der Waals surface area contributed by atoms with Gasteiger partial charge in [0.15, 0.2) is 0 Å². The van der Waals surface area contributed by atoms with Crippen molar-refractivity contribution in [2.75, 3.05) is 31.6 Å². The van der Waals surface area contributed by atoms with Crippen molar-refractivity contribution in [2.45, 2.75) is 12.6 Å². The first-order chi connectivity index (χ1) is 14.5. The van der Waals surface area contributed by atoms with Gasteiger partial charge in [0.25, 0.3) is 5.91 Å². The molecule has 8 heteroatoms. The van der Waals surface area contributed by atoms with E-state index in [2.05, 4.69) is 5.32 Å². The van der Waals surface area contributed by atoms with Crippen LogP contribution in [-0.4, -0.2) is 43.0 Å². The standard InChI is InChI=1S/C22H20ClN3O4/c23-14-2-4-17-16(10-14)18(22(28)25-17)20-15-3-1-12(9-13(15)11-30-20)19(21(24)27)26-5-7-29-8-6-26/h1-4,9-10,19H,5-8,11H2,(H2,24,27)(H,25,28)/b20-18+. The van der Waals surface area contributed by atoms with Crippen LogP contribution in [-0.2, 0) is 25.7 Å². The van der Waals surface area contributed by atoms with E-state index >= 15 is 0 Å². The Morgan fingerprint density at radius 2 is 1.93 bits per heavy atom. The predicted molar refractivity (Wildman–Crippen MR) is 112 cm³/mol. The molecule has 3 aliphatic rings. The maximum Gasteiger partial charge on any atom is 0.260 e. The van der Waals surface area contributed by atoms with Gasteiger partial charge < -0.3 is 20.5 Å². The number of anilines is 1. The fourth-order valence-electron chi connectivity index (χ4n) is 4.31. The molecule has 3 aliphatic heterocycles. The number of rotatable bonds is 3. The van der Waals surface area contributed by atoms with E-state index in [1.807, 2.05) is 23.1 Å². The van der Waals surface area contributed by atoms with Gasteiger partial charge in [0, 0.05) is 40.5 Å². The van der Waals surface area contributed by atoms with Crippen molar-refractivity contribution < 1.29 is 19.1 Å². The Balaban J connectivity index is 1.55. The Labute approximate surface area is 178 Å². The number of carbonyl (C=O) groups is 2. The van der Waals surface area contributed by atoms with Crippen molar-refractivity contribution in [3.05, 3.63) is 63.7 Å². The molecule has 2 aromatic carbocycles. The zero-order valence-electron chi connectivity index (χ0n) is 16.1. The van der Waals surface area contributed by atoms with Crippen molar-refractivity contribution in [1.82, 2.24) is 4.90 Å². The molecule has 0 radical (unpaired) electrons. The largest absolute Gasteiger partial charge is 0.487 e. The van der Waals surface area contributed by atoms with Crippen LogP contribution in [0.25, 0.3) is 11.3 Å². The Morgan fingerprint density at radius 1 is 1.13 bits per heavy atom. The fraction of sp³-hybridized carbons (Fsp3) is 0.273. The Kier molecular flexibility index (Phi) is 4.73. The molecule has 7 nitrogen and oxygen atoms in total. The minimum atomic E-state index is -0.523. The van der Waals surface area contributed by atoms with Crippen molar-refractivity contribution in [3.63, 3.8) is 0 Å². The predicted octanol–water partition coefficient (Wildman–Crippen LogP) is 2.55. The molecule has 1 unspecified atom stereocenters. The number of nitrogens with one attached hydrogen (secondary N) is 1. The molecule has 0 aromatic heterocycles. The summed E-state index contributed by atoms with van der Waals surface area (Å²) in [5.74, 6) is -0.0901. The Hall–Kier alpha value is -2.87. The highest BCUT2D eigenvalue weighted by Crippen LogP contribution is 2.43. The summed E-state index contributed by atoms with van der Waals surface area (Å²) in [4.78, 5) is 26.9. The van der Waals surface area contributed by atoms with Gasteiger partial charge in [0.2, 0.25) is 5.91 Å². The number of morpholine rings is 1. The summed E-state index contributed by atoms with van der Waals surface area (Å²) in [5.41, 5.74) is 10.2. The van der Waals surface area contributed by atoms with E-state index in [1.54, 1.807) is 18.2 Å². The van der Waals surface area contributed by atoms with Crippen LogP contribution in [0, 0.1) is 0 Å². The van der Waals surface area contributed by atoms with Gasteiger partial charge in [-0.2, -0.15) is 0 Å². The summed E-state index contributed by atoms with van der Waals surface area (Å²) in [6, 6.07) is 10.5. The maximum atomic E-state index is 12.6. The lowest BCUT2D eigenvalue weighted by atomic mass is 9.96. The zero-order valence-corrected chi connectivity index (χ0v) is 16.9. The van der Waals surface area contributed by atoms with E-state index in [-0.39, 0.29) is 5.91 Å². The average molecular weight is 426 g/mol. The normalized spacial score (nSPS) is 21.6. The third-order valence-corrected chi connectivity index (χ3v) is 5.93. The second kappa shape index (κ2) is 7.43. The number of primary amides is 1. The van der Waals surface area contributed by atoms with Crippen LogP contribution >= 0.6 is 11.6 Å². The average Bonchev–Trinajstić information content (AvgIpc) is 3.27. The number of fused-ring (bicyclic) bond motifs is 2. The van der Waals surface area contributed by atoms with Gasteiger partial charge >= 0.3 is 0 Å². The van der Waals surface area contributed by atoms with Gasteiger partial charge in [-0.25, -0.2) is 0 Å². The zero-order chi connectivity index (χ0) is 20.8. The third-order valence-electron chi connectivity index (χ3n) is 5.70. The first-order valence-electron chi connectivity index (χ1n) is 9.75. The molecule has 2 aromatic rings. The number of carbonyl (C=O) groups excluding carboxylic acids is 2. The molecule has 1 saturated heterocycles. The Bertz CT molecular complexity index is 1090. The number of nitrogens with zero attached hydrogens (tertiary/aromatic N) is 1. The van der Waals surface area contributed by atoms with E-state index in [4.69, 9.17) is 26.8 Å². The van der Waals surface area contributed by atoms with E-state index in [1.165, 1.54) is 0 Å². The van der Waals surface area contributed by atoms with Crippen LogP contribution in [0.2, 0.25) is 5.02 Å². The van der Waals surface area contributed by atoms with Gasteiger partial charge in [0.1, 0.15) is 18.4 Å². The molecule has 0 saturated carbocycles. The van der Waals surface area contributed by atoms with Crippen LogP contribution in [0.15, 0.2) is 36.4 Å². The molecule has 3 N–H and O–H groups in total. The molecule has 0 aliphatic carbocycles. The topological polar surface area (TPSA) is 93.9 Å². The second-order valence-corrected chi connectivity index (χ2v) is 7.94. The SMILES string of the molecule is NC(=O)C(c1ccc2c(c1)CO/C2=C1/C(=O)Nc2ccc(Cl)cc21)N1CCOCC1. The summed E-state index contributed by atoms with van der Waals surface area (Å²) in [6.45, 7) is 2.76. The quantitative estimate of drug-likeness (QED) is 0.737. The number of hydrogen-bond donors (Lipinski definition) is 2. The highest BCUT2D eigenvalue weighted by atomic mass is 35.5. The molecule has 5 rings (SSSR count). The van der Waals surface area contributed by atoms with Crippen molar-refractivity contribution >= 4 is 40.4 Å². The summed E-state index contributed by atoms with van der Waals surface area (Å²) in [7, 11) is 0. The molecular formula is C22H20ClN3O4. The molecule has 0 spiro atoms. The maximum absolute atomic E-state index is 12.6. The minimum Gasteiger partial charge on any atom is -0.487 e. The van der Waals surface area contributed by atoms with Gasteiger partial charge in [-0.3, -0.25) is 14.5 Å². The third kappa shape index (κ3) is 3.15. The van der Waals surface area contributed by atoms with E-state index in [9.17, 15) is 9.59 Å². The van der Waals surface area contributed by atoms with E-state index in [0.717, 1.165) is 22.3 Å². The van der Waals surface area contributed by atoms with E-state index in [0.29, 0.717) is 55.0 Å². The van der Waals surface area contributed by atoms with Crippen LogP contribution in [0.5, 0.6) is 0 Å². The number of nitrogens with two attached hydrogens (primary N) is 1. The lowest BCUT2D eigenvalue weighted by Gasteiger charge is -2.32. The Morgan fingerprint density at radius 3 is 2.70 bits per heavy atom. The first kappa shape index (κ1) is 19.1. The van der Waals surface area contributed by atoms with Crippen molar-refractivity contribution in [2.24, 2.45) is 5.73 Å². The molecule has 0 bridgehead atoms. The molecular weight excluding hydrogens is 406 g/mol. The summed E-state index contributed by atoms with van der Waals surface area (Å²) < 4.78 is 11.3. The van der Waals surface area contributed by atoms with E-state index < -0.39 is 11.9 Å². The lowest BCUT2D eigenvalue weighted by Crippen LogP contribution is -2.44. The van der Waals surface area contributed by atoms with Crippen LogP contribution in [0.1, 0.15) is 28.3 Å². The number of benzene rings is 2. The van der Waals surface area contributed by atoms with Crippen molar-refractivity contribution in [3.8, 4) is 0 Å². The van der Waals surface area contributed by atoms with Gasteiger partial charge in [0.05, 0.1) is 18.8 Å². The van der Waals surface area contributed by atoms with Crippen LogP contribution in [0.4, 0.5) is 5.69 Å². The molecule has 1 atom stereocenters. The lowest BCUT2D eigenvalue weighted by molar-refractivity contribution is -0.125. The monoisotopic (exact) mass is 425 g/mol. The molecule has 154 valence electrons. The smallest absolute Gasteiger partial charge is 0.260 e. The van der Waals surface area contributed by atoms with Gasteiger partial charge in [-0.05, 0) is 29.8 Å². The molecule has 2 amide bonds. The highest BCUT2D eigenvalue weighted by molar-refractivity contribution is 6.38. The molecule has 30 heavy (non-hydrogen) atoms. The first-order valence-corrected chi connectivity index (χ1v) is 10.1. The summed E-state index contributed by atoms with van der Waals surface area (Å²) >= 11 is 6.14. The van der Waals surface area contributed by atoms with Crippen LogP contribution < -0.4 is 11.1 Å².